The summed E-state index contributed by atoms with van der Waals surface area (Å²) in [5, 5.41) is 12.2. The number of aliphatic carboxylic acids is 1. The highest BCUT2D eigenvalue weighted by Crippen LogP contribution is 2.22. The summed E-state index contributed by atoms with van der Waals surface area (Å²) < 4.78 is 5.27. The Kier molecular flexibility index (Phi) is 5.88. The Labute approximate surface area is 152 Å². The average Bonchev–Trinajstić information content (AvgIpc) is 2.68. The molecule has 7 nitrogen and oxygen atoms in total. The van der Waals surface area contributed by atoms with E-state index in [1.807, 2.05) is 0 Å². The van der Waals surface area contributed by atoms with Gasteiger partial charge in [-0.2, -0.15) is 0 Å². The van der Waals surface area contributed by atoms with Crippen LogP contribution in [-0.4, -0.2) is 53.6 Å². The van der Waals surface area contributed by atoms with Crippen molar-refractivity contribution in [3.05, 3.63) is 29.8 Å². The van der Waals surface area contributed by atoms with Crippen molar-refractivity contribution in [1.29, 1.82) is 0 Å². The number of anilines is 1. The number of carboxylic acids is 1. The number of rotatable bonds is 4. The molecule has 1 unspecified atom stereocenters. The third-order valence-electron chi connectivity index (χ3n) is 5.02. The van der Waals surface area contributed by atoms with Crippen LogP contribution in [0.2, 0.25) is 0 Å². The number of piperidine rings is 1. The fraction of sp³-hybridized carbons (Fsp3) is 0.526. The van der Waals surface area contributed by atoms with Gasteiger partial charge in [0.2, 0.25) is 5.91 Å². The number of carbonyl (C=O) groups excluding carboxylic acids is 2. The number of carboxylic acid groups (broad SMARTS) is 1. The van der Waals surface area contributed by atoms with Crippen molar-refractivity contribution in [3.8, 4) is 0 Å². The standard InChI is InChI=1S/C19H24N2O5/c22-17(13-7-10-26-11-8-13)20-15-5-3-4-14(12-15)18(23)21-9-2-1-6-16(21)19(24)25/h3-5,12-13,16H,1-2,6-11H2,(H,20,22)(H,24,25). The van der Waals surface area contributed by atoms with Crippen LogP contribution in [0.5, 0.6) is 0 Å². The van der Waals surface area contributed by atoms with Gasteiger partial charge >= 0.3 is 5.97 Å². The van der Waals surface area contributed by atoms with Crippen LogP contribution in [0.15, 0.2) is 24.3 Å². The Morgan fingerprint density at radius 2 is 1.88 bits per heavy atom. The largest absolute Gasteiger partial charge is 0.480 e. The fourth-order valence-corrected chi connectivity index (χ4v) is 3.53. The van der Waals surface area contributed by atoms with Crippen molar-refractivity contribution in [2.45, 2.75) is 38.1 Å². The van der Waals surface area contributed by atoms with Gasteiger partial charge in [0.15, 0.2) is 0 Å². The Hall–Kier alpha value is -2.41. The van der Waals surface area contributed by atoms with Crippen LogP contribution >= 0.6 is 0 Å². The number of nitrogens with one attached hydrogen (secondary N) is 1. The predicted molar refractivity (Wildman–Crippen MR) is 94.9 cm³/mol. The van der Waals surface area contributed by atoms with Crippen LogP contribution in [0.3, 0.4) is 0 Å². The van der Waals surface area contributed by atoms with Gasteiger partial charge in [0.25, 0.3) is 5.91 Å². The minimum absolute atomic E-state index is 0.0701. The first-order valence-corrected chi connectivity index (χ1v) is 9.08. The highest BCUT2D eigenvalue weighted by molar-refractivity contribution is 5.99. The molecule has 3 rings (SSSR count). The maximum absolute atomic E-state index is 12.8. The van der Waals surface area contributed by atoms with Crippen LogP contribution in [0.4, 0.5) is 5.69 Å². The molecule has 140 valence electrons. The molecule has 2 saturated heterocycles. The van der Waals surface area contributed by atoms with E-state index in [4.69, 9.17) is 4.74 Å². The molecule has 0 spiro atoms. The normalized spacial score (nSPS) is 21.2. The molecule has 7 heteroatoms. The Morgan fingerprint density at radius 1 is 1.12 bits per heavy atom. The van der Waals surface area contributed by atoms with Gasteiger partial charge in [0.1, 0.15) is 6.04 Å². The smallest absolute Gasteiger partial charge is 0.326 e. The summed E-state index contributed by atoms with van der Waals surface area (Å²) >= 11 is 0. The van der Waals surface area contributed by atoms with Crippen molar-refractivity contribution >= 4 is 23.5 Å². The minimum Gasteiger partial charge on any atom is -0.480 e. The monoisotopic (exact) mass is 360 g/mol. The highest BCUT2D eigenvalue weighted by atomic mass is 16.5. The summed E-state index contributed by atoms with van der Waals surface area (Å²) in [6.45, 7) is 1.61. The molecule has 2 heterocycles. The lowest BCUT2D eigenvalue weighted by atomic mass is 9.99. The van der Waals surface area contributed by atoms with Gasteiger partial charge in [0.05, 0.1) is 0 Å². The quantitative estimate of drug-likeness (QED) is 0.857. The predicted octanol–water partition coefficient (Wildman–Crippen LogP) is 2.13. The van der Waals surface area contributed by atoms with Gasteiger partial charge in [0, 0.05) is 36.9 Å². The second kappa shape index (κ2) is 8.31. The van der Waals surface area contributed by atoms with Crippen LogP contribution in [0.1, 0.15) is 42.5 Å². The minimum atomic E-state index is -0.970. The second-order valence-corrected chi connectivity index (χ2v) is 6.81. The molecule has 0 saturated carbocycles. The number of amides is 2. The summed E-state index contributed by atoms with van der Waals surface area (Å²) in [7, 11) is 0. The molecular weight excluding hydrogens is 336 g/mol. The lowest BCUT2D eigenvalue weighted by Crippen LogP contribution is -2.48. The fourth-order valence-electron chi connectivity index (χ4n) is 3.53. The molecule has 0 aromatic heterocycles. The molecule has 2 amide bonds. The van der Waals surface area contributed by atoms with E-state index in [1.54, 1.807) is 24.3 Å². The molecule has 2 aliphatic rings. The first kappa shape index (κ1) is 18.4. The first-order valence-electron chi connectivity index (χ1n) is 9.08. The number of carbonyl (C=O) groups is 3. The molecule has 2 N–H and O–H groups in total. The summed E-state index contributed by atoms with van der Waals surface area (Å²) in [5.74, 6) is -1.43. The van der Waals surface area contributed by atoms with Crippen LogP contribution in [0.25, 0.3) is 0 Å². The van der Waals surface area contributed by atoms with Crippen molar-refractivity contribution in [2.75, 3.05) is 25.1 Å². The van der Waals surface area contributed by atoms with Crippen molar-refractivity contribution in [2.24, 2.45) is 5.92 Å². The van der Waals surface area contributed by atoms with Crippen LogP contribution < -0.4 is 5.32 Å². The SMILES string of the molecule is O=C(Nc1cccc(C(=O)N2CCCCC2C(=O)O)c1)C1CCOCC1. The van der Waals surface area contributed by atoms with Crippen LogP contribution in [-0.2, 0) is 14.3 Å². The summed E-state index contributed by atoms with van der Waals surface area (Å²) in [4.78, 5) is 38.0. The van der Waals surface area contributed by atoms with E-state index < -0.39 is 12.0 Å². The lowest BCUT2D eigenvalue weighted by molar-refractivity contribution is -0.143. The van der Waals surface area contributed by atoms with E-state index in [2.05, 4.69) is 5.32 Å². The molecule has 0 bridgehead atoms. The number of likely N-dealkylation sites (tertiary alicyclic amines) is 1. The van der Waals surface area contributed by atoms with Gasteiger partial charge in [-0.1, -0.05) is 6.07 Å². The van der Waals surface area contributed by atoms with Gasteiger partial charge in [-0.15, -0.1) is 0 Å². The summed E-state index contributed by atoms with van der Waals surface area (Å²) in [6, 6.07) is 5.93. The van der Waals surface area contributed by atoms with Crippen molar-refractivity contribution < 1.29 is 24.2 Å². The van der Waals surface area contributed by atoms with E-state index in [1.165, 1.54) is 4.90 Å². The molecule has 1 atom stereocenters. The van der Waals surface area contributed by atoms with Gasteiger partial charge in [-0.25, -0.2) is 4.79 Å². The first-order chi connectivity index (χ1) is 12.6. The third-order valence-corrected chi connectivity index (χ3v) is 5.02. The van der Waals surface area contributed by atoms with Crippen LogP contribution in [0, 0.1) is 5.92 Å². The van der Waals surface area contributed by atoms with E-state index in [0.717, 1.165) is 12.8 Å². The zero-order valence-electron chi connectivity index (χ0n) is 14.6. The van der Waals surface area contributed by atoms with Crippen molar-refractivity contribution in [3.63, 3.8) is 0 Å². The molecular formula is C19H24N2O5. The second-order valence-electron chi connectivity index (χ2n) is 6.81. The van der Waals surface area contributed by atoms with E-state index in [-0.39, 0.29) is 17.7 Å². The third kappa shape index (κ3) is 4.22. The zero-order valence-corrected chi connectivity index (χ0v) is 14.6. The Bertz CT molecular complexity index is 684. The lowest BCUT2D eigenvalue weighted by Gasteiger charge is -2.33. The Morgan fingerprint density at radius 3 is 2.62 bits per heavy atom. The topological polar surface area (TPSA) is 95.9 Å². The van der Waals surface area contributed by atoms with Gasteiger partial charge in [-0.3, -0.25) is 9.59 Å². The van der Waals surface area contributed by atoms with Gasteiger partial charge in [-0.05, 0) is 50.3 Å². The highest BCUT2D eigenvalue weighted by Gasteiger charge is 2.32. The molecule has 2 fully saturated rings. The molecule has 26 heavy (non-hydrogen) atoms. The molecule has 1 aromatic rings. The Balaban J connectivity index is 1.70. The number of ether oxygens (including phenoxy) is 1. The maximum Gasteiger partial charge on any atom is 0.326 e. The summed E-state index contributed by atoms with van der Waals surface area (Å²) in [5.41, 5.74) is 0.944. The number of hydrogen-bond donors (Lipinski definition) is 2. The van der Waals surface area contributed by atoms with E-state index in [9.17, 15) is 19.5 Å². The number of benzene rings is 1. The molecule has 0 aliphatic carbocycles. The molecule has 1 aromatic carbocycles. The zero-order chi connectivity index (χ0) is 18.5. The molecule has 0 radical (unpaired) electrons. The number of hydrogen-bond acceptors (Lipinski definition) is 4. The van der Waals surface area contributed by atoms with E-state index >= 15 is 0 Å². The maximum atomic E-state index is 12.8. The molecule has 2 aliphatic heterocycles. The van der Waals surface area contributed by atoms with E-state index in [0.29, 0.717) is 50.3 Å². The van der Waals surface area contributed by atoms with Crippen molar-refractivity contribution in [1.82, 2.24) is 4.90 Å². The summed E-state index contributed by atoms with van der Waals surface area (Å²) in [6.07, 6.45) is 3.47. The number of nitrogens with zero attached hydrogens (tertiary/aromatic N) is 1. The van der Waals surface area contributed by atoms with Gasteiger partial charge < -0.3 is 20.1 Å². The average molecular weight is 360 g/mol.